The Morgan fingerprint density at radius 1 is 0.690 bits per heavy atom. The molecule has 2 aromatic carbocycles. The molecule has 4 saturated carbocycles. The van der Waals surface area contributed by atoms with Gasteiger partial charge >= 0.3 is 0 Å². The van der Waals surface area contributed by atoms with Gasteiger partial charge in [0.15, 0.2) is 0 Å². The average Bonchev–Trinajstić information content (AvgIpc) is 3.19. The zero-order chi connectivity index (χ0) is 19.4. The first kappa shape index (κ1) is 18.1. The number of benzene rings is 2. The van der Waals surface area contributed by atoms with Crippen LogP contribution < -0.4 is 0 Å². The van der Waals surface area contributed by atoms with E-state index in [1.807, 2.05) is 0 Å². The first-order chi connectivity index (χ1) is 14.3. The van der Waals surface area contributed by atoms with Gasteiger partial charge in [0.1, 0.15) is 0 Å². The summed E-state index contributed by atoms with van der Waals surface area (Å²) < 4.78 is 0. The molecule has 0 N–H and O–H groups in total. The van der Waals surface area contributed by atoms with Gasteiger partial charge in [-0.1, -0.05) is 72.8 Å². The fourth-order valence-electron chi connectivity index (χ4n) is 7.56. The maximum Gasteiger partial charge on any atom is 0.00990 e. The topological polar surface area (TPSA) is 0 Å². The molecule has 0 amide bonds. The van der Waals surface area contributed by atoms with Crippen LogP contribution in [-0.2, 0) is 0 Å². The summed E-state index contributed by atoms with van der Waals surface area (Å²) >= 11 is 0. The maximum atomic E-state index is 3.35. The van der Waals surface area contributed by atoms with Crippen LogP contribution in [0.4, 0.5) is 0 Å². The van der Waals surface area contributed by atoms with Crippen molar-refractivity contribution in [3.05, 3.63) is 83.9 Å². The van der Waals surface area contributed by atoms with Crippen LogP contribution in [0.3, 0.4) is 0 Å². The van der Waals surface area contributed by atoms with Crippen LogP contribution >= 0.6 is 9.24 Å². The molecule has 5 aliphatic carbocycles. The molecule has 0 saturated heterocycles. The normalized spacial score (nSPS) is 36.0. The molecule has 4 bridgehead atoms. The third-order valence-corrected chi connectivity index (χ3v) is 9.28. The van der Waals surface area contributed by atoms with E-state index in [1.54, 1.807) is 5.57 Å². The molecular formula is C28H31P. The van der Waals surface area contributed by atoms with Crippen molar-refractivity contribution in [2.24, 2.45) is 35.5 Å². The molecule has 148 valence electrons. The predicted octanol–water partition coefficient (Wildman–Crippen LogP) is 7.10. The zero-order valence-corrected chi connectivity index (χ0v) is 18.2. The first-order valence-corrected chi connectivity index (χ1v) is 12.2. The zero-order valence-electron chi connectivity index (χ0n) is 17.1. The van der Waals surface area contributed by atoms with E-state index in [0.717, 1.165) is 29.6 Å². The van der Waals surface area contributed by atoms with Crippen molar-refractivity contribution in [2.45, 2.75) is 37.8 Å². The van der Waals surface area contributed by atoms with Crippen LogP contribution in [0.2, 0.25) is 0 Å². The molecule has 3 atom stereocenters. The van der Waals surface area contributed by atoms with Crippen LogP contribution in [0, 0.1) is 35.5 Å². The molecule has 1 heteroatoms. The van der Waals surface area contributed by atoms with Gasteiger partial charge in [0, 0.05) is 5.92 Å². The van der Waals surface area contributed by atoms with Crippen LogP contribution in [0.15, 0.2) is 72.8 Å². The van der Waals surface area contributed by atoms with E-state index in [1.165, 1.54) is 48.8 Å². The lowest BCUT2D eigenvalue weighted by molar-refractivity contribution is -0.0388. The molecular weight excluding hydrogens is 367 g/mol. The highest BCUT2D eigenvalue weighted by atomic mass is 31.0. The Hall–Kier alpha value is -1.65. The molecule has 0 aromatic heterocycles. The van der Waals surface area contributed by atoms with E-state index in [4.69, 9.17) is 0 Å². The van der Waals surface area contributed by atoms with Crippen molar-refractivity contribution in [2.75, 3.05) is 0 Å². The highest BCUT2D eigenvalue weighted by Gasteiger charge is 2.51. The van der Waals surface area contributed by atoms with Gasteiger partial charge in [0.05, 0.1) is 0 Å². The highest BCUT2D eigenvalue weighted by Crippen LogP contribution is 2.60. The Labute approximate surface area is 177 Å². The van der Waals surface area contributed by atoms with Gasteiger partial charge in [-0.3, -0.25) is 0 Å². The monoisotopic (exact) mass is 398 g/mol. The Bertz CT molecular complexity index is 911. The van der Waals surface area contributed by atoms with Crippen molar-refractivity contribution in [1.82, 2.24) is 0 Å². The minimum absolute atomic E-state index is 0.514. The summed E-state index contributed by atoms with van der Waals surface area (Å²) in [7, 11) is 3.35. The smallest absolute Gasteiger partial charge is 0.00990 e. The summed E-state index contributed by atoms with van der Waals surface area (Å²) in [5.41, 5.74) is 6.38. The average molecular weight is 399 g/mol. The molecule has 5 aliphatic rings. The van der Waals surface area contributed by atoms with Gasteiger partial charge < -0.3 is 0 Å². The van der Waals surface area contributed by atoms with Gasteiger partial charge in [0.25, 0.3) is 0 Å². The minimum atomic E-state index is 0.514. The summed E-state index contributed by atoms with van der Waals surface area (Å²) in [6.07, 6.45) is 12.5. The second kappa shape index (κ2) is 7.24. The Morgan fingerprint density at radius 3 is 1.83 bits per heavy atom. The SMILES string of the molecule is PC(C1C=CC(c2ccccc2)=C1c1ccccc1)C1C2CC3CC(C2)CC1C3. The summed E-state index contributed by atoms with van der Waals surface area (Å²) in [6, 6.07) is 22.2. The molecule has 0 radical (unpaired) electrons. The van der Waals surface area contributed by atoms with E-state index in [2.05, 4.69) is 82.1 Å². The lowest BCUT2D eigenvalue weighted by Crippen LogP contribution is -2.49. The van der Waals surface area contributed by atoms with Gasteiger partial charge in [0.2, 0.25) is 0 Å². The van der Waals surface area contributed by atoms with Crippen LogP contribution in [0.5, 0.6) is 0 Å². The van der Waals surface area contributed by atoms with E-state index < -0.39 is 0 Å². The van der Waals surface area contributed by atoms with Crippen molar-refractivity contribution in [3.8, 4) is 0 Å². The van der Waals surface area contributed by atoms with Crippen molar-refractivity contribution < 1.29 is 0 Å². The quantitative estimate of drug-likeness (QED) is 0.482. The second-order valence-electron chi connectivity index (χ2n) is 10.0. The number of hydrogen-bond donors (Lipinski definition) is 0. The van der Waals surface area contributed by atoms with Crippen LogP contribution in [0.1, 0.15) is 43.2 Å². The largest absolute Gasteiger partial charge is 0.133 e. The summed E-state index contributed by atoms with van der Waals surface area (Å²) in [4.78, 5) is 0. The Balaban J connectivity index is 1.39. The fraction of sp³-hybridized carbons (Fsp3) is 0.429. The minimum Gasteiger partial charge on any atom is -0.133 e. The molecule has 29 heavy (non-hydrogen) atoms. The summed E-state index contributed by atoms with van der Waals surface area (Å²) in [5, 5.41) is 0. The highest BCUT2D eigenvalue weighted by molar-refractivity contribution is 7.17. The van der Waals surface area contributed by atoms with Crippen molar-refractivity contribution >= 4 is 20.4 Å². The van der Waals surface area contributed by atoms with Crippen LogP contribution in [-0.4, -0.2) is 5.66 Å². The summed E-state index contributed by atoms with van der Waals surface area (Å²) in [5.74, 6) is 5.44. The Kier molecular flexibility index (Phi) is 4.53. The third kappa shape index (κ3) is 3.07. The fourth-order valence-corrected chi connectivity index (χ4v) is 8.51. The lowest BCUT2D eigenvalue weighted by Gasteiger charge is -2.56. The van der Waals surface area contributed by atoms with Gasteiger partial charge in [-0.25, -0.2) is 0 Å². The van der Waals surface area contributed by atoms with Crippen molar-refractivity contribution in [1.29, 1.82) is 0 Å². The molecule has 2 aromatic rings. The molecule has 0 heterocycles. The molecule has 7 rings (SSSR count). The number of hydrogen-bond acceptors (Lipinski definition) is 0. The van der Waals surface area contributed by atoms with Gasteiger partial charge in [-0.05, 0) is 89.6 Å². The maximum absolute atomic E-state index is 3.35. The molecule has 0 nitrogen and oxygen atoms in total. The molecule has 4 fully saturated rings. The standard InChI is InChI=1S/C28H31P/c29-28(26-22-14-18-13-19(16-22)17-23(26)15-18)25-12-11-24(20-7-3-1-4-8-20)27(25)21-9-5-2-6-10-21/h1-12,18-19,22-23,25-26,28H,13-17,29H2. The van der Waals surface area contributed by atoms with E-state index in [0.29, 0.717) is 11.6 Å². The van der Waals surface area contributed by atoms with Gasteiger partial charge in [-0.2, -0.15) is 0 Å². The van der Waals surface area contributed by atoms with Crippen molar-refractivity contribution in [3.63, 3.8) is 0 Å². The first-order valence-electron chi connectivity index (χ1n) is 11.6. The predicted molar refractivity (Wildman–Crippen MR) is 126 cm³/mol. The Morgan fingerprint density at radius 2 is 1.24 bits per heavy atom. The molecule has 0 aliphatic heterocycles. The second-order valence-corrected chi connectivity index (χ2v) is 10.8. The van der Waals surface area contributed by atoms with E-state index in [9.17, 15) is 0 Å². The van der Waals surface area contributed by atoms with E-state index >= 15 is 0 Å². The van der Waals surface area contributed by atoms with E-state index in [-0.39, 0.29) is 0 Å². The third-order valence-electron chi connectivity index (χ3n) is 8.42. The molecule has 3 unspecified atom stereocenters. The number of allylic oxidation sites excluding steroid dienone is 4. The lowest BCUT2D eigenvalue weighted by atomic mass is 9.50. The van der Waals surface area contributed by atoms with Crippen LogP contribution in [0.25, 0.3) is 11.1 Å². The van der Waals surface area contributed by atoms with Gasteiger partial charge in [-0.15, -0.1) is 9.24 Å². The summed E-state index contributed by atoms with van der Waals surface area (Å²) in [6.45, 7) is 0. The number of rotatable bonds is 4. The molecule has 0 spiro atoms.